The van der Waals surface area contributed by atoms with E-state index in [0.717, 1.165) is 64.2 Å². The van der Waals surface area contributed by atoms with E-state index in [0.29, 0.717) is 23.5 Å². The highest BCUT2D eigenvalue weighted by Gasteiger charge is 2.30. The number of halogens is 2. The van der Waals surface area contributed by atoms with E-state index in [4.69, 9.17) is 10.5 Å². The molecule has 1 aliphatic carbocycles. The van der Waals surface area contributed by atoms with Crippen molar-refractivity contribution in [3.63, 3.8) is 0 Å². The topological polar surface area (TPSA) is 35.2 Å². The van der Waals surface area contributed by atoms with Crippen LogP contribution < -0.4 is 5.73 Å². The molecule has 0 aromatic rings. The standard InChI is InChI=1S/C29H49F2NOS.C2H6.CH4/c1-8-11-25-16-17-27(18-26(24(25)6)13-10-12-22(4)29(7,30)31)28(19-32)34-23(5)15-14-21(3)20-33-9-2;1-2;/h8,11,18-19,21-23,25,27H,6,9-10,12-17,20,32H2,1-5,7H3;1-2H3;1H4/b11-8-,28-19-;;. The summed E-state index contributed by atoms with van der Waals surface area (Å²) in [4.78, 5) is 1.21. The van der Waals surface area contributed by atoms with E-state index in [2.05, 4.69) is 38.7 Å². The Morgan fingerprint density at radius 1 is 1.22 bits per heavy atom. The summed E-state index contributed by atoms with van der Waals surface area (Å²) in [6, 6.07) is 0. The van der Waals surface area contributed by atoms with E-state index in [-0.39, 0.29) is 13.3 Å². The number of thioether (sulfide) groups is 1. The number of hydrogen-bond acceptors (Lipinski definition) is 3. The number of ether oxygens (including phenoxy) is 1. The quantitative estimate of drug-likeness (QED) is 0.209. The number of rotatable bonds is 15. The van der Waals surface area contributed by atoms with Gasteiger partial charge in [0.1, 0.15) is 0 Å². The normalized spacial score (nSPS) is 21.3. The largest absolute Gasteiger partial charge is 0.404 e. The monoisotopic (exact) mass is 543 g/mol. The van der Waals surface area contributed by atoms with Crippen LogP contribution in [0.25, 0.3) is 0 Å². The van der Waals surface area contributed by atoms with Crippen molar-refractivity contribution in [1.29, 1.82) is 0 Å². The Morgan fingerprint density at radius 2 is 1.86 bits per heavy atom. The van der Waals surface area contributed by atoms with Crippen LogP contribution in [-0.2, 0) is 4.74 Å². The molecule has 2 N–H and O–H groups in total. The molecule has 0 heterocycles. The minimum Gasteiger partial charge on any atom is -0.404 e. The van der Waals surface area contributed by atoms with Gasteiger partial charge in [0.25, 0.3) is 0 Å². The van der Waals surface area contributed by atoms with Crippen LogP contribution in [0.5, 0.6) is 0 Å². The van der Waals surface area contributed by atoms with Crippen LogP contribution in [0.3, 0.4) is 0 Å². The fourth-order valence-electron chi connectivity index (χ4n) is 4.43. The van der Waals surface area contributed by atoms with Gasteiger partial charge < -0.3 is 10.5 Å². The molecule has 0 aliphatic heterocycles. The van der Waals surface area contributed by atoms with Crippen LogP contribution in [0.2, 0.25) is 0 Å². The van der Waals surface area contributed by atoms with Crippen molar-refractivity contribution < 1.29 is 13.5 Å². The number of nitrogens with two attached hydrogens (primary N) is 1. The molecule has 0 saturated heterocycles. The molecule has 0 aromatic heterocycles. The van der Waals surface area contributed by atoms with Crippen LogP contribution in [0, 0.1) is 23.7 Å². The lowest BCUT2D eigenvalue weighted by Gasteiger charge is -2.21. The molecule has 37 heavy (non-hydrogen) atoms. The molecule has 0 bridgehead atoms. The summed E-state index contributed by atoms with van der Waals surface area (Å²) in [5.41, 5.74) is 8.49. The zero-order valence-corrected chi connectivity index (χ0v) is 25.2. The van der Waals surface area contributed by atoms with Gasteiger partial charge in [-0.3, -0.25) is 0 Å². The van der Waals surface area contributed by atoms with E-state index < -0.39 is 11.8 Å². The average molecular weight is 544 g/mol. The Morgan fingerprint density at radius 3 is 2.41 bits per heavy atom. The maximum atomic E-state index is 13.6. The van der Waals surface area contributed by atoms with Gasteiger partial charge in [0.2, 0.25) is 5.92 Å². The molecule has 5 heteroatoms. The fraction of sp³-hybridized carbons (Fsp3) is 0.750. The van der Waals surface area contributed by atoms with Crippen molar-refractivity contribution in [2.24, 2.45) is 29.4 Å². The molecular weight excluding hydrogens is 484 g/mol. The highest BCUT2D eigenvalue weighted by atomic mass is 32.2. The summed E-state index contributed by atoms with van der Waals surface area (Å²) in [6.07, 6.45) is 14.8. The van der Waals surface area contributed by atoms with Crippen molar-refractivity contribution >= 4 is 11.8 Å². The minimum atomic E-state index is -2.63. The van der Waals surface area contributed by atoms with E-state index in [9.17, 15) is 8.78 Å². The second-order valence-corrected chi connectivity index (χ2v) is 11.6. The first kappa shape index (κ1) is 38.1. The van der Waals surface area contributed by atoms with E-state index in [1.165, 1.54) is 10.5 Å². The van der Waals surface area contributed by atoms with Gasteiger partial charge in [0.05, 0.1) is 0 Å². The molecule has 0 radical (unpaired) electrons. The van der Waals surface area contributed by atoms with Gasteiger partial charge >= 0.3 is 0 Å². The zero-order valence-electron chi connectivity index (χ0n) is 24.4. The van der Waals surface area contributed by atoms with Crippen molar-refractivity contribution in [2.45, 2.75) is 119 Å². The Balaban J connectivity index is 0. The average Bonchev–Trinajstić information content (AvgIpc) is 2.99. The Labute approximate surface area is 233 Å². The minimum absolute atomic E-state index is 0. The van der Waals surface area contributed by atoms with E-state index in [1.807, 2.05) is 39.5 Å². The zero-order chi connectivity index (χ0) is 27.7. The first-order valence-electron chi connectivity index (χ1n) is 14.1. The summed E-state index contributed by atoms with van der Waals surface area (Å²) in [7, 11) is 0. The van der Waals surface area contributed by atoms with Gasteiger partial charge in [-0.05, 0) is 82.8 Å². The summed E-state index contributed by atoms with van der Waals surface area (Å²) in [5.74, 6) is -2.14. The molecule has 0 amide bonds. The predicted molar refractivity (Wildman–Crippen MR) is 164 cm³/mol. The van der Waals surface area contributed by atoms with Gasteiger partial charge in [-0.15, -0.1) is 11.8 Å². The van der Waals surface area contributed by atoms with Crippen molar-refractivity contribution in [3.8, 4) is 0 Å². The van der Waals surface area contributed by atoms with E-state index in [1.54, 1.807) is 13.1 Å². The summed E-state index contributed by atoms with van der Waals surface area (Å²) < 4.78 is 32.8. The molecule has 0 spiro atoms. The van der Waals surface area contributed by atoms with Crippen molar-refractivity contribution in [1.82, 2.24) is 0 Å². The molecule has 0 aromatic carbocycles. The molecule has 5 atom stereocenters. The number of hydrogen-bond donors (Lipinski definition) is 1. The van der Waals surface area contributed by atoms with Crippen LogP contribution in [0.4, 0.5) is 8.78 Å². The third-order valence-electron chi connectivity index (χ3n) is 6.96. The number of alkyl halides is 2. The molecular formula is C32H59F2NOS. The molecule has 218 valence electrons. The van der Waals surface area contributed by atoms with Crippen molar-refractivity contribution in [2.75, 3.05) is 13.2 Å². The molecule has 1 aliphatic rings. The second kappa shape index (κ2) is 20.8. The van der Waals surface area contributed by atoms with Crippen LogP contribution in [0.1, 0.15) is 108 Å². The predicted octanol–water partition coefficient (Wildman–Crippen LogP) is 10.6. The fourth-order valence-corrected chi connectivity index (χ4v) is 5.59. The lowest BCUT2D eigenvalue weighted by molar-refractivity contribution is -0.0358. The Hall–Kier alpha value is -1.07. The molecule has 2 nitrogen and oxygen atoms in total. The molecule has 0 saturated carbocycles. The third kappa shape index (κ3) is 15.2. The lowest BCUT2D eigenvalue weighted by Crippen LogP contribution is -2.21. The van der Waals surface area contributed by atoms with E-state index >= 15 is 0 Å². The smallest absolute Gasteiger partial charge is 0.247 e. The Kier molecular flexibility index (Phi) is 21.4. The highest BCUT2D eigenvalue weighted by Crippen LogP contribution is 2.41. The lowest BCUT2D eigenvalue weighted by atomic mass is 9.88. The van der Waals surface area contributed by atoms with Crippen LogP contribution in [-0.4, -0.2) is 24.4 Å². The van der Waals surface area contributed by atoms with Gasteiger partial charge in [0.15, 0.2) is 0 Å². The summed E-state index contributed by atoms with van der Waals surface area (Å²) in [5, 5.41) is 0.473. The van der Waals surface area contributed by atoms with Gasteiger partial charge in [0, 0.05) is 47.3 Å². The van der Waals surface area contributed by atoms with Crippen molar-refractivity contribution in [3.05, 3.63) is 47.1 Å². The maximum Gasteiger partial charge on any atom is 0.247 e. The molecule has 1 rings (SSSR count). The Bertz CT molecular complexity index is 695. The van der Waals surface area contributed by atoms with Crippen LogP contribution in [0.15, 0.2) is 47.1 Å². The first-order chi connectivity index (χ1) is 17.0. The highest BCUT2D eigenvalue weighted by molar-refractivity contribution is 8.03. The summed E-state index contributed by atoms with van der Waals surface area (Å²) in [6.45, 7) is 21.3. The van der Waals surface area contributed by atoms with Gasteiger partial charge in [-0.1, -0.05) is 66.9 Å². The second-order valence-electron chi connectivity index (χ2n) is 10.1. The number of allylic oxidation sites excluding steroid dienone is 6. The summed E-state index contributed by atoms with van der Waals surface area (Å²) >= 11 is 1.88. The first-order valence-corrected chi connectivity index (χ1v) is 15.0. The molecule has 5 unspecified atom stereocenters. The van der Waals surface area contributed by atoms with Gasteiger partial charge in [-0.25, -0.2) is 8.78 Å². The maximum absolute atomic E-state index is 13.6. The van der Waals surface area contributed by atoms with Gasteiger partial charge in [-0.2, -0.15) is 0 Å². The van der Waals surface area contributed by atoms with Crippen LogP contribution >= 0.6 is 11.8 Å². The molecule has 0 fully saturated rings. The SMILES string of the molecule is C.C=C1C(CCCC(C)C(C)(F)F)=CC(/C(=C/N)SC(C)CCC(C)COCC)CCC1/C=C\C.CC. The third-order valence-corrected chi connectivity index (χ3v) is 8.31.